The van der Waals surface area contributed by atoms with Gasteiger partial charge in [-0.1, -0.05) is 18.6 Å². The molecule has 0 atom stereocenters. The number of nitrogens with zero attached hydrogens (tertiary/aromatic N) is 3. The number of ether oxygens (including phenoxy) is 1. The zero-order valence-electron chi connectivity index (χ0n) is 16.9. The van der Waals surface area contributed by atoms with Gasteiger partial charge in [-0.3, -0.25) is 0 Å². The van der Waals surface area contributed by atoms with Crippen molar-refractivity contribution >= 4 is 6.09 Å². The maximum atomic E-state index is 12.4. The lowest BCUT2D eigenvalue weighted by Crippen LogP contribution is -2.40. The second-order valence-electron chi connectivity index (χ2n) is 8.81. The van der Waals surface area contributed by atoms with E-state index in [-0.39, 0.29) is 12.7 Å². The van der Waals surface area contributed by atoms with Gasteiger partial charge in [-0.25, -0.2) is 9.48 Å². The third-order valence-electron chi connectivity index (χ3n) is 5.66. The van der Waals surface area contributed by atoms with Crippen LogP contribution in [0.5, 0.6) is 0 Å². The summed E-state index contributed by atoms with van der Waals surface area (Å²) in [5.74, 6) is 0.705. The Kier molecular flexibility index (Phi) is 4.91. The Morgan fingerprint density at radius 3 is 2.54 bits per heavy atom. The summed E-state index contributed by atoms with van der Waals surface area (Å²) in [7, 11) is 0. The highest BCUT2D eigenvalue weighted by atomic mass is 16.6. The van der Waals surface area contributed by atoms with Gasteiger partial charge in [-0.05, 0) is 57.2 Å². The van der Waals surface area contributed by atoms with Crippen LogP contribution in [0.25, 0.3) is 5.69 Å². The summed E-state index contributed by atoms with van der Waals surface area (Å²) in [5.41, 5.74) is 4.51. The molecule has 1 aliphatic carbocycles. The third-order valence-corrected chi connectivity index (χ3v) is 5.66. The Morgan fingerprint density at radius 2 is 1.96 bits per heavy atom. The first-order valence-electron chi connectivity index (χ1n) is 10.1. The Balaban J connectivity index is 1.58. The van der Waals surface area contributed by atoms with Gasteiger partial charge in [0.1, 0.15) is 5.60 Å². The van der Waals surface area contributed by atoms with E-state index in [2.05, 4.69) is 29.4 Å². The molecule has 150 valence electrons. The Bertz CT molecular complexity index is 860. The Hall–Kier alpha value is -2.34. The minimum atomic E-state index is -0.524. The molecular weight excluding hydrogens is 354 g/mol. The first-order valence-corrected chi connectivity index (χ1v) is 10.1. The first kappa shape index (κ1) is 19.0. The van der Waals surface area contributed by atoms with E-state index >= 15 is 0 Å². The number of hydrogen-bond acceptors (Lipinski definition) is 4. The molecule has 4 rings (SSSR count). The molecule has 28 heavy (non-hydrogen) atoms. The summed E-state index contributed by atoms with van der Waals surface area (Å²) in [5, 5.41) is 14.5. The van der Waals surface area contributed by atoms with Gasteiger partial charge in [0.05, 0.1) is 30.2 Å². The maximum Gasteiger partial charge on any atom is 0.410 e. The predicted octanol–water partition coefficient (Wildman–Crippen LogP) is 3.93. The van der Waals surface area contributed by atoms with Crippen LogP contribution < -0.4 is 0 Å². The van der Waals surface area contributed by atoms with Crippen molar-refractivity contribution in [2.24, 2.45) is 0 Å². The summed E-state index contributed by atoms with van der Waals surface area (Å²) in [4.78, 5) is 14.1. The molecule has 1 amide bonds. The largest absolute Gasteiger partial charge is 0.444 e. The number of aromatic nitrogens is 2. The molecule has 0 saturated heterocycles. The fraction of sp³-hybridized carbons (Fsp3) is 0.545. The van der Waals surface area contributed by atoms with Crippen LogP contribution in [0.1, 0.15) is 68.5 Å². The van der Waals surface area contributed by atoms with Gasteiger partial charge in [0.2, 0.25) is 0 Å². The van der Waals surface area contributed by atoms with Gasteiger partial charge < -0.3 is 14.7 Å². The number of aliphatic hydroxyl groups is 1. The summed E-state index contributed by atoms with van der Waals surface area (Å²) in [6.07, 6.45) is 4.26. The topological polar surface area (TPSA) is 67.6 Å². The van der Waals surface area contributed by atoms with Crippen LogP contribution in [0, 0.1) is 0 Å². The number of amides is 1. The molecule has 0 radical (unpaired) electrons. The molecule has 2 heterocycles. The lowest BCUT2D eigenvalue weighted by Gasteiger charge is -2.30. The van der Waals surface area contributed by atoms with E-state index in [1.54, 1.807) is 4.90 Å². The van der Waals surface area contributed by atoms with Crippen LogP contribution >= 0.6 is 0 Å². The van der Waals surface area contributed by atoms with Gasteiger partial charge in [-0.15, -0.1) is 0 Å². The van der Waals surface area contributed by atoms with E-state index in [1.165, 1.54) is 24.8 Å². The number of carbonyl (C=O) groups excluding carboxylic acids is 1. The number of fused-ring (bicyclic) bond motifs is 1. The van der Waals surface area contributed by atoms with Crippen LogP contribution in [-0.2, 0) is 24.3 Å². The van der Waals surface area contributed by atoms with E-state index in [0.717, 1.165) is 16.9 Å². The fourth-order valence-corrected chi connectivity index (χ4v) is 3.94. The number of benzene rings is 1. The molecular formula is C22H29N3O3. The van der Waals surface area contributed by atoms with Gasteiger partial charge >= 0.3 is 6.09 Å². The smallest absolute Gasteiger partial charge is 0.410 e. The van der Waals surface area contributed by atoms with E-state index in [0.29, 0.717) is 31.1 Å². The second kappa shape index (κ2) is 7.24. The van der Waals surface area contributed by atoms with E-state index in [9.17, 15) is 9.90 Å². The zero-order valence-corrected chi connectivity index (χ0v) is 16.9. The van der Waals surface area contributed by atoms with Crippen molar-refractivity contribution in [1.29, 1.82) is 0 Å². The summed E-state index contributed by atoms with van der Waals surface area (Å²) in [6.45, 7) is 6.46. The lowest BCUT2D eigenvalue weighted by molar-refractivity contribution is 0.0222. The molecule has 1 aromatic carbocycles. The van der Waals surface area contributed by atoms with Crippen molar-refractivity contribution in [3.8, 4) is 5.69 Å². The van der Waals surface area contributed by atoms with Gasteiger partial charge in [0, 0.05) is 18.5 Å². The normalized spacial score (nSPS) is 17.2. The van der Waals surface area contributed by atoms with Crippen LogP contribution in [0.2, 0.25) is 0 Å². The monoisotopic (exact) mass is 383 g/mol. The minimum Gasteiger partial charge on any atom is -0.444 e. The van der Waals surface area contributed by atoms with Crippen LogP contribution in [0.4, 0.5) is 4.79 Å². The summed E-state index contributed by atoms with van der Waals surface area (Å²) < 4.78 is 7.43. The molecule has 1 aromatic heterocycles. The summed E-state index contributed by atoms with van der Waals surface area (Å²) in [6, 6.07) is 8.62. The molecule has 1 aliphatic heterocycles. The molecule has 6 nitrogen and oxygen atoms in total. The SMILES string of the molecule is CC(C)(C)OC(=O)N1CCc2c(c(CO)nn2-c2ccc(C3CCC3)cc2)C1. The van der Waals surface area contributed by atoms with E-state index in [1.807, 2.05) is 25.5 Å². The standard InChI is InChI=1S/C22H29N3O3/c1-22(2,3)28-21(27)24-12-11-20-18(13-24)19(14-26)23-25(20)17-9-7-16(8-10-17)15-5-4-6-15/h7-10,15,26H,4-6,11-14H2,1-3H3. The zero-order chi connectivity index (χ0) is 19.9. The second-order valence-corrected chi connectivity index (χ2v) is 8.81. The molecule has 0 unspecified atom stereocenters. The third kappa shape index (κ3) is 3.65. The molecule has 1 saturated carbocycles. The Labute approximate surface area is 166 Å². The van der Waals surface area contributed by atoms with Crippen molar-refractivity contribution in [1.82, 2.24) is 14.7 Å². The highest BCUT2D eigenvalue weighted by Gasteiger charge is 2.30. The van der Waals surface area contributed by atoms with E-state index in [4.69, 9.17) is 4.74 Å². The molecule has 1 N–H and O–H groups in total. The van der Waals surface area contributed by atoms with Crippen molar-refractivity contribution in [2.45, 2.75) is 71.1 Å². The molecule has 6 heteroatoms. The number of rotatable bonds is 3. The Morgan fingerprint density at radius 1 is 1.25 bits per heavy atom. The average Bonchev–Trinajstić information content (AvgIpc) is 2.97. The van der Waals surface area contributed by atoms with Gasteiger partial charge in [-0.2, -0.15) is 5.10 Å². The highest BCUT2D eigenvalue weighted by molar-refractivity contribution is 5.68. The highest BCUT2D eigenvalue weighted by Crippen LogP contribution is 2.36. The minimum absolute atomic E-state index is 0.141. The first-order chi connectivity index (χ1) is 13.4. The predicted molar refractivity (Wildman–Crippen MR) is 106 cm³/mol. The van der Waals surface area contributed by atoms with Crippen LogP contribution in [-0.4, -0.2) is 38.0 Å². The van der Waals surface area contributed by atoms with Crippen molar-refractivity contribution in [2.75, 3.05) is 6.54 Å². The van der Waals surface area contributed by atoms with Crippen LogP contribution in [0.15, 0.2) is 24.3 Å². The summed E-state index contributed by atoms with van der Waals surface area (Å²) >= 11 is 0. The van der Waals surface area contributed by atoms with E-state index < -0.39 is 5.60 Å². The quantitative estimate of drug-likeness (QED) is 0.872. The molecule has 1 fully saturated rings. The number of carbonyl (C=O) groups is 1. The number of aliphatic hydroxyl groups excluding tert-OH is 1. The fourth-order valence-electron chi connectivity index (χ4n) is 3.94. The van der Waals surface area contributed by atoms with Crippen molar-refractivity contribution in [3.05, 3.63) is 46.8 Å². The lowest BCUT2D eigenvalue weighted by atomic mass is 9.80. The van der Waals surface area contributed by atoms with Crippen molar-refractivity contribution in [3.63, 3.8) is 0 Å². The average molecular weight is 383 g/mol. The number of hydrogen-bond donors (Lipinski definition) is 1. The van der Waals surface area contributed by atoms with Gasteiger partial charge in [0.25, 0.3) is 0 Å². The van der Waals surface area contributed by atoms with Crippen LogP contribution in [0.3, 0.4) is 0 Å². The molecule has 0 spiro atoms. The van der Waals surface area contributed by atoms with Crippen molar-refractivity contribution < 1.29 is 14.6 Å². The molecule has 2 aliphatic rings. The van der Waals surface area contributed by atoms with Gasteiger partial charge in [0.15, 0.2) is 0 Å². The maximum absolute atomic E-state index is 12.4. The molecule has 0 bridgehead atoms. The molecule has 2 aromatic rings.